The number of imide groups is 2. The monoisotopic (exact) mass is 492 g/mol. The fourth-order valence-electron chi connectivity index (χ4n) is 2.67. The molecule has 154 valence electrons. The van der Waals surface area contributed by atoms with Crippen molar-refractivity contribution < 1.29 is 29.0 Å². The molecule has 0 saturated carbocycles. The first-order valence-corrected chi connectivity index (χ1v) is 9.66. The van der Waals surface area contributed by atoms with E-state index in [1.54, 1.807) is 25.1 Å². The lowest BCUT2D eigenvalue weighted by molar-refractivity contribution is -0.139. The molecule has 1 saturated heterocycles. The van der Waals surface area contributed by atoms with E-state index in [1.165, 1.54) is 24.3 Å². The van der Waals surface area contributed by atoms with E-state index in [0.29, 0.717) is 9.50 Å². The Balaban J connectivity index is 2.03. The van der Waals surface area contributed by atoms with Crippen LogP contribution in [-0.2, 0) is 14.4 Å². The summed E-state index contributed by atoms with van der Waals surface area (Å²) in [6.45, 7) is 1.16. The third kappa shape index (κ3) is 4.52. The van der Waals surface area contributed by atoms with Crippen LogP contribution in [0.4, 0.5) is 10.5 Å². The molecule has 1 heterocycles. The average molecular weight is 494 g/mol. The van der Waals surface area contributed by atoms with Gasteiger partial charge in [0.05, 0.1) is 5.69 Å². The minimum Gasteiger partial charge on any atom is -0.481 e. The molecule has 0 aliphatic carbocycles. The number of carboxylic acid groups (broad SMARTS) is 1. The number of barbiturate groups is 1. The number of ether oxygens (including phenoxy) is 1. The number of carbonyl (C=O) groups is 4. The number of nitrogens with one attached hydrogen (secondary N) is 1. The Labute approximate surface area is 184 Å². The van der Waals surface area contributed by atoms with E-state index in [2.05, 4.69) is 21.2 Å². The fourth-order valence-corrected chi connectivity index (χ4v) is 3.22. The molecule has 2 aromatic rings. The van der Waals surface area contributed by atoms with Crippen LogP contribution < -0.4 is 15.0 Å². The predicted molar refractivity (Wildman–Crippen MR) is 112 cm³/mol. The fraction of sp³-hybridized carbons (Fsp3) is 0.100. The molecule has 2 aromatic carbocycles. The van der Waals surface area contributed by atoms with Gasteiger partial charge in [0.2, 0.25) is 0 Å². The molecule has 2 N–H and O–H groups in total. The molecule has 4 amide bonds. The van der Waals surface area contributed by atoms with Gasteiger partial charge in [-0.15, -0.1) is 0 Å². The van der Waals surface area contributed by atoms with E-state index < -0.39 is 30.4 Å². The third-order valence-corrected chi connectivity index (χ3v) is 5.04. The van der Waals surface area contributed by atoms with Gasteiger partial charge in [0.15, 0.2) is 6.61 Å². The Morgan fingerprint density at radius 3 is 2.63 bits per heavy atom. The van der Waals surface area contributed by atoms with Crippen molar-refractivity contribution in [2.45, 2.75) is 6.92 Å². The second-order valence-corrected chi connectivity index (χ2v) is 7.58. The van der Waals surface area contributed by atoms with Gasteiger partial charge in [-0.25, -0.2) is 14.5 Å². The van der Waals surface area contributed by atoms with Gasteiger partial charge in [-0.2, -0.15) is 0 Å². The number of anilines is 1. The maximum absolute atomic E-state index is 13.0. The molecule has 1 fully saturated rings. The van der Waals surface area contributed by atoms with E-state index in [4.69, 9.17) is 21.4 Å². The molecule has 1 aliphatic heterocycles. The summed E-state index contributed by atoms with van der Waals surface area (Å²) in [6, 6.07) is 8.38. The molecule has 0 radical (unpaired) electrons. The van der Waals surface area contributed by atoms with Crippen LogP contribution in [0.3, 0.4) is 0 Å². The highest BCUT2D eigenvalue weighted by Crippen LogP contribution is 2.29. The minimum absolute atomic E-state index is 0.149. The largest absolute Gasteiger partial charge is 0.481 e. The molecule has 0 aromatic heterocycles. The summed E-state index contributed by atoms with van der Waals surface area (Å²) < 4.78 is 5.83. The number of benzene rings is 2. The first-order chi connectivity index (χ1) is 14.2. The number of aliphatic carboxylic acids is 1. The molecule has 0 bridgehead atoms. The van der Waals surface area contributed by atoms with Crippen molar-refractivity contribution in [2.24, 2.45) is 0 Å². The predicted octanol–water partition coefficient (Wildman–Crippen LogP) is 3.54. The van der Waals surface area contributed by atoms with E-state index in [-0.39, 0.29) is 22.6 Å². The first-order valence-electron chi connectivity index (χ1n) is 8.49. The molecule has 10 heteroatoms. The summed E-state index contributed by atoms with van der Waals surface area (Å²) in [5, 5.41) is 11.3. The number of rotatable bonds is 5. The summed E-state index contributed by atoms with van der Waals surface area (Å²) in [5.74, 6) is -2.77. The standard InChI is InChI=1S/C20H14BrClN2O6/c1-10-2-4-13(8-15(10)22)24-19(28)14(18(27)23-20(24)29)7-11-6-12(21)3-5-16(11)30-9-17(25)26/h2-8H,9H2,1H3,(H,25,26)(H,23,27,29)/b14-7-. The molecule has 1 aliphatic rings. The number of amides is 4. The SMILES string of the molecule is Cc1ccc(N2C(=O)NC(=O)/C(=C/c3cc(Br)ccc3OCC(=O)O)C2=O)cc1Cl. The lowest BCUT2D eigenvalue weighted by Gasteiger charge is -2.26. The number of hydrogen-bond donors (Lipinski definition) is 2. The van der Waals surface area contributed by atoms with Gasteiger partial charge in [-0.05, 0) is 48.9 Å². The number of urea groups is 1. The maximum atomic E-state index is 13.0. The Morgan fingerprint density at radius 1 is 1.23 bits per heavy atom. The van der Waals surface area contributed by atoms with Gasteiger partial charge >= 0.3 is 12.0 Å². The second-order valence-electron chi connectivity index (χ2n) is 6.26. The zero-order valence-electron chi connectivity index (χ0n) is 15.4. The third-order valence-electron chi connectivity index (χ3n) is 4.14. The summed E-state index contributed by atoms with van der Waals surface area (Å²) in [6.07, 6.45) is 1.23. The first kappa shape index (κ1) is 21.5. The highest BCUT2D eigenvalue weighted by atomic mass is 79.9. The smallest absolute Gasteiger partial charge is 0.341 e. The maximum Gasteiger partial charge on any atom is 0.341 e. The normalized spacial score (nSPS) is 15.4. The lowest BCUT2D eigenvalue weighted by atomic mass is 10.1. The van der Waals surface area contributed by atoms with Crippen molar-refractivity contribution >= 4 is 63.1 Å². The van der Waals surface area contributed by atoms with E-state index >= 15 is 0 Å². The molecule has 0 atom stereocenters. The van der Waals surface area contributed by atoms with Gasteiger partial charge in [0, 0.05) is 15.1 Å². The Bertz CT molecular complexity index is 1110. The van der Waals surface area contributed by atoms with Crippen molar-refractivity contribution in [2.75, 3.05) is 11.5 Å². The number of carbonyl (C=O) groups excluding carboxylic acids is 3. The van der Waals surface area contributed by atoms with Crippen molar-refractivity contribution in [1.82, 2.24) is 5.32 Å². The van der Waals surface area contributed by atoms with Crippen LogP contribution in [0.1, 0.15) is 11.1 Å². The highest BCUT2D eigenvalue weighted by Gasteiger charge is 2.37. The zero-order chi connectivity index (χ0) is 22.0. The second kappa shape index (κ2) is 8.68. The molecular weight excluding hydrogens is 480 g/mol. The number of aryl methyl sites for hydroxylation is 1. The van der Waals surface area contributed by atoms with Crippen molar-refractivity contribution in [3.05, 3.63) is 62.6 Å². The molecular formula is C20H14BrClN2O6. The Morgan fingerprint density at radius 2 is 1.97 bits per heavy atom. The molecule has 30 heavy (non-hydrogen) atoms. The van der Waals surface area contributed by atoms with Gasteiger partial charge in [0.1, 0.15) is 11.3 Å². The highest BCUT2D eigenvalue weighted by molar-refractivity contribution is 9.10. The number of hydrogen-bond acceptors (Lipinski definition) is 5. The summed E-state index contributed by atoms with van der Waals surface area (Å²) in [4.78, 5) is 49.3. The van der Waals surface area contributed by atoms with Crippen LogP contribution in [0.5, 0.6) is 5.75 Å². The minimum atomic E-state index is -1.18. The topological polar surface area (TPSA) is 113 Å². The Kier molecular flexibility index (Phi) is 6.23. The number of halogens is 2. The zero-order valence-corrected chi connectivity index (χ0v) is 17.8. The van der Waals surface area contributed by atoms with Crippen LogP contribution in [-0.4, -0.2) is 35.5 Å². The van der Waals surface area contributed by atoms with Gasteiger partial charge in [-0.3, -0.25) is 14.9 Å². The van der Waals surface area contributed by atoms with Gasteiger partial charge in [-0.1, -0.05) is 33.6 Å². The van der Waals surface area contributed by atoms with Crippen LogP contribution in [0, 0.1) is 6.92 Å². The number of carboxylic acids is 1. The lowest BCUT2D eigenvalue weighted by Crippen LogP contribution is -2.54. The van der Waals surface area contributed by atoms with E-state index in [1.807, 2.05) is 0 Å². The van der Waals surface area contributed by atoms with Crippen LogP contribution in [0.2, 0.25) is 5.02 Å². The molecule has 0 unspecified atom stereocenters. The van der Waals surface area contributed by atoms with Crippen molar-refractivity contribution in [1.29, 1.82) is 0 Å². The molecule has 3 rings (SSSR count). The molecule has 8 nitrogen and oxygen atoms in total. The van der Waals surface area contributed by atoms with Gasteiger partial charge in [0.25, 0.3) is 11.8 Å². The average Bonchev–Trinajstić information content (AvgIpc) is 2.67. The summed E-state index contributed by atoms with van der Waals surface area (Å²) >= 11 is 9.38. The summed E-state index contributed by atoms with van der Waals surface area (Å²) in [7, 11) is 0. The Hall–Kier alpha value is -3.17. The van der Waals surface area contributed by atoms with Crippen LogP contribution in [0.25, 0.3) is 6.08 Å². The summed E-state index contributed by atoms with van der Waals surface area (Å²) in [5.41, 5.74) is 0.902. The number of nitrogens with zero attached hydrogens (tertiary/aromatic N) is 1. The quantitative estimate of drug-likeness (QED) is 0.487. The van der Waals surface area contributed by atoms with Crippen molar-refractivity contribution in [3.8, 4) is 5.75 Å². The van der Waals surface area contributed by atoms with Crippen molar-refractivity contribution in [3.63, 3.8) is 0 Å². The van der Waals surface area contributed by atoms with Crippen LogP contribution in [0.15, 0.2) is 46.4 Å². The van der Waals surface area contributed by atoms with E-state index in [9.17, 15) is 19.2 Å². The van der Waals surface area contributed by atoms with E-state index in [0.717, 1.165) is 10.5 Å². The van der Waals surface area contributed by atoms with Gasteiger partial charge < -0.3 is 9.84 Å². The molecule has 0 spiro atoms. The van der Waals surface area contributed by atoms with Crippen LogP contribution >= 0.6 is 27.5 Å².